The normalized spacial score (nSPS) is 10.1. The van der Waals surface area contributed by atoms with Crippen molar-refractivity contribution in [1.29, 1.82) is 0 Å². The van der Waals surface area contributed by atoms with E-state index in [-0.39, 0.29) is 11.6 Å². The summed E-state index contributed by atoms with van der Waals surface area (Å²) >= 11 is 0. The third-order valence-corrected chi connectivity index (χ3v) is 2.61. The van der Waals surface area contributed by atoms with Gasteiger partial charge >= 0.3 is 0 Å². The SMILES string of the molecule is CCCNc1ccc(C(=O)Nc2cc(C)ccn2)nn1. The molecule has 0 aliphatic rings. The highest BCUT2D eigenvalue weighted by Gasteiger charge is 2.09. The zero-order chi connectivity index (χ0) is 14.4. The first kappa shape index (κ1) is 13.9. The molecule has 2 rings (SSSR count). The van der Waals surface area contributed by atoms with E-state index in [9.17, 15) is 4.79 Å². The van der Waals surface area contributed by atoms with Crippen LogP contribution in [0.1, 0.15) is 29.4 Å². The standard InChI is InChI=1S/C14H17N5O/c1-3-7-15-12-5-4-11(18-19-12)14(20)17-13-9-10(2)6-8-16-13/h4-6,8-9H,3,7H2,1-2H3,(H,15,19)(H,16,17,20). The third kappa shape index (κ3) is 3.74. The smallest absolute Gasteiger partial charge is 0.277 e. The molecule has 2 aromatic rings. The number of pyridine rings is 1. The van der Waals surface area contributed by atoms with Crippen LogP contribution in [0.3, 0.4) is 0 Å². The molecule has 0 aliphatic heterocycles. The van der Waals surface area contributed by atoms with E-state index >= 15 is 0 Å². The van der Waals surface area contributed by atoms with E-state index < -0.39 is 0 Å². The van der Waals surface area contributed by atoms with Crippen molar-refractivity contribution in [3.63, 3.8) is 0 Å². The van der Waals surface area contributed by atoms with Crippen LogP contribution in [0.15, 0.2) is 30.5 Å². The first-order chi connectivity index (χ1) is 9.69. The van der Waals surface area contributed by atoms with Gasteiger partial charge < -0.3 is 10.6 Å². The predicted octanol–water partition coefficient (Wildman–Crippen LogP) is 2.25. The average Bonchev–Trinajstić information content (AvgIpc) is 2.45. The van der Waals surface area contributed by atoms with Gasteiger partial charge in [-0.05, 0) is 43.2 Å². The summed E-state index contributed by atoms with van der Waals surface area (Å²) in [5.74, 6) is 0.847. The molecule has 0 fully saturated rings. The van der Waals surface area contributed by atoms with Crippen LogP contribution in [0.5, 0.6) is 0 Å². The van der Waals surface area contributed by atoms with E-state index in [0.717, 1.165) is 18.5 Å². The highest BCUT2D eigenvalue weighted by atomic mass is 16.2. The zero-order valence-corrected chi connectivity index (χ0v) is 11.6. The molecular formula is C14H17N5O. The Labute approximate surface area is 117 Å². The number of carbonyl (C=O) groups is 1. The topological polar surface area (TPSA) is 79.8 Å². The highest BCUT2D eigenvalue weighted by molar-refractivity contribution is 6.02. The number of rotatable bonds is 5. The number of hydrogen-bond donors (Lipinski definition) is 2. The molecule has 0 aromatic carbocycles. The summed E-state index contributed by atoms with van der Waals surface area (Å²) < 4.78 is 0. The Bertz CT molecular complexity index is 582. The van der Waals surface area contributed by atoms with Crippen LogP contribution in [-0.2, 0) is 0 Å². The van der Waals surface area contributed by atoms with Gasteiger partial charge in [-0.2, -0.15) is 0 Å². The summed E-state index contributed by atoms with van der Waals surface area (Å²) in [4.78, 5) is 16.0. The largest absolute Gasteiger partial charge is 0.369 e. The summed E-state index contributed by atoms with van der Waals surface area (Å²) in [6.45, 7) is 4.83. The van der Waals surface area contributed by atoms with Gasteiger partial charge in [-0.15, -0.1) is 10.2 Å². The third-order valence-electron chi connectivity index (χ3n) is 2.61. The fourth-order valence-corrected chi connectivity index (χ4v) is 1.59. The molecule has 0 aliphatic carbocycles. The van der Waals surface area contributed by atoms with E-state index in [2.05, 4.69) is 32.7 Å². The number of aromatic nitrogens is 3. The first-order valence-corrected chi connectivity index (χ1v) is 6.50. The number of hydrogen-bond acceptors (Lipinski definition) is 5. The molecule has 2 N–H and O–H groups in total. The Kier molecular flexibility index (Phi) is 4.60. The maximum Gasteiger partial charge on any atom is 0.277 e. The van der Waals surface area contributed by atoms with Gasteiger partial charge in [0.25, 0.3) is 5.91 Å². The first-order valence-electron chi connectivity index (χ1n) is 6.50. The average molecular weight is 271 g/mol. The lowest BCUT2D eigenvalue weighted by Crippen LogP contribution is -2.15. The van der Waals surface area contributed by atoms with Crippen LogP contribution in [-0.4, -0.2) is 27.6 Å². The van der Waals surface area contributed by atoms with E-state index in [0.29, 0.717) is 11.6 Å². The summed E-state index contributed by atoms with van der Waals surface area (Å²) in [5.41, 5.74) is 1.29. The molecular weight excluding hydrogens is 254 g/mol. The van der Waals surface area contributed by atoms with Gasteiger partial charge in [0.2, 0.25) is 0 Å². The Morgan fingerprint density at radius 3 is 2.70 bits per heavy atom. The summed E-state index contributed by atoms with van der Waals surface area (Å²) in [7, 11) is 0. The molecule has 1 amide bonds. The molecule has 0 atom stereocenters. The van der Waals surface area contributed by atoms with Gasteiger partial charge in [0, 0.05) is 12.7 Å². The summed E-state index contributed by atoms with van der Waals surface area (Å²) in [5, 5.41) is 13.6. The van der Waals surface area contributed by atoms with Gasteiger partial charge in [0.15, 0.2) is 5.69 Å². The van der Waals surface area contributed by atoms with Crippen molar-refractivity contribution in [2.24, 2.45) is 0 Å². The van der Waals surface area contributed by atoms with Crippen LogP contribution in [0.25, 0.3) is 0 Å². The number of nitrogens with zero attached hydrogens (tertiary/aromatic N) is 3. The molecule has 20 heavy (non-hydrogen) atoms. The van der Waals surface area contributed by atoms with Crippen molar-refractivity contribution in [3.8, 4) is 0 Å². The number of anilines is 2. The molecule has 104 valence electrons. The second-order valence-electron chi connectivity index (χ2n) is 4.40. The van der Waals surface area contributed by atoms with Gasteiger partial charge in [-0.1, -0.05) is 6.92 Å². The zero-order valence-electron chi connectivity index (χ0n) is 11.6. The molecule has 2 heterocycles. The van der Waals surface area contributed by atoms with Crippen molar-refractivity contribution in [1.82, 2.24) is 15.2 Å². The Hall–Kier alpha value is -2.50. The van der Waals surface area contributed by atoms with Gasteiger partial charge in [0.05, 0.1) is 0 Å². The van der Waals surface area contributed by atoms with E-state index in [1.54, 1.807) is 24.4 Å². The fraction of sp³-hybridized carbons (Fsp3) is 0.286. The molecule has 6 heteroatoms. The number of carbonyl (C=O) groups excluding carboxylic acids is 1. The highest BCUT2D eigenvalue weighted by Crippen LogP contribution is 2.08. The van der Waals surface area contributed by atoms with Crippen LogP contribution >= 0.6 is 0 Å². The van der Waals surface area contributed by atoms with Crippen molar-refractivity contribution in [3.05, 3.63) is 41.7 Å². The summed E-state index contributed by atoms with van der Waals surface area (Å²) in [6.07, 6.45) is 2.65. The van der Waals surface area contributed by atoms with Gasteiger partial charge in [-0.25, -0.2) is 4.98 Å². The van der Waals surface area contributed by atoms with Gasteiger partial charge in [0.1, 0.15) is 11.6 Å². The lowest BCUT2D eigenvalue weighted by Gasteiger charge is -2.05. The number of amides is 1. The lowest BCUT2D eigenvalue weighted by molar-refractivity contribution is 0.102. The minimum absolute atomic E-state index is 0.260. The lowest BCUT2D eigenvalue weighted by atomic mass is 10.3. The summed E-state index contributed by atoms with van der Waals surface area (Å²) in [6, 6.07) is 7.03. The minimum atomic E-state index is -0.322. The maximum atomic E-state index is 12.0. The molecule has 2 aromatic heterocycles. The van der Waals surface area contributed by atoms with Gasteiger partial charge in [-0.3, -0.25) is 4.79 Å². The maximum absolute atomic E-state index is 12.0. The van der Waals surface area contributed by atoms with Crippen molar-refractivity contribution >= 4 is 17.5 Å². The monoisotopic (exact) mass is 271 g/mol. The molecule has 0 radical (unpaired) electrons. The molecule has 6 nitrogen and oxygen atoms in total. The van der Waals surface area contributed by atoms with Crippen LogP contribution in [0.4, 0.5) is 11.6 Å². The van der Waals surface area contributed by atoms with Crippen LogP contribution in [0, 0.1) is 6.92 Å². The fourth-order valence-electron chi connectivity index (χ4n) is 1.59. The molecule has 0 saturated heterocycles. The second-order valence-corrected chi connectivity index (χ2v) is 4.40. The Balaban J connectivity index is 2.02. The second kappa shape index (κ2) is 6.60. The van der Waals surface area contributed by atoms with E-state index in [1.165, 1.54) is 0 Å². The van der Waals surface area contributed by atoms with Crippen molar-refractivity contribution in [2.45, 2.75) is 20.3 Å². The van der Waals surface area contributed by atoms with E-state index in [4.69, 9.17) is 0 Å². The quantitative estimate of drug-likeness (QED) is 0.872. The van der Waals surface area contributed by atoms with Crippen molar-refractivity contribution < 1.29 is 4.79 Å². The molecule has 0 unspecified atom stereocenters. The Morgan fingerprint density at radius 1 is 1.20 bits per heavy atom. The van der Waals surface area contributed by atoms with Crippen LogP contribution < -0.4 is 10.6 Å². The molecule has 0 bridgehead atoms. The van der Waals surface area contributed by atoms with E-state index in [1.807, 2.05) is 13.0 Å². The molecule has 0 saturated carbocycles. The minimum Gasteiger partial charge on any atom is -0.369 e. The van der Waals surface area contributed by atoms with Crippen LogP contribution in [0.2, 0.25) is 0 Å². The number of aryl methyl sites for hydroxylation is 1. The number of nitrogens with one attached hydrogen (secondary N) is 2. The predicted molar refractivity (Wildman–Crippen MR) is 77.7 cm³/mol. The molecule has 0 spiro atoms. The Morgan fingerprint density at radius 2 is 2.05 bits per heavy atom. The van der Waals surface area contributed by atoms with Crippen molar-refractivity contribution in [2.75, 3.05) is 17.2 Å².